The predicted molar refractivity (Wildman–Crippen MR) is 81.4 cm³/mol. The largest absolute Gasteiger partial charge is 0.442 e. The summed E-state index contributed by atoms with van der Waals surface area (Å²) in [7, 11) is 0. The number of benzene rings is 1. The topological polar surface area (TPSA) is 54.9 Å². The van der Waals surface area contributed by atoms with E-state index in [4.69, 9.17) is 11.6 Å². The Labute approximate surface area is 137 Å². The van der Waals surface area contributed by atoms with Crippen molar-refractivity contribution in [3.8, 4) is 0 Å². The first-order valence-electron chi connectivity index (χ1n) is 5.85. The summed E-state index contributed by atoms with van der Waals surface area (Å²) in [5.41, 5.74) is -3.08. The molecule has 0 aliphatic carbocycles. The number of nitrogens with one attached hydrogen (secondary N) is 1. The third-order valence-corrected chi connectivity index (χ3v) is 4.16. The van der Waals surface area contributed by atoms with Gasteiger partial charge < -0.3 is 5.32 Å². The molecule has 0 unspecified atom stereocenters. The molecule has 0 fully saturated rings. The molecule has 2 rings (SSSR count). The van der Waals surface area contributed by atoms with E-state index in [1.807, 2.05) is 0 Å². The van der Waals surface area contributed by atoms with Crippen molar-refractivity contribution in [2.75, 3.05) is 5.32 Å². The average Bonchev–Trinajstić information content (AvgIpc) is 2.82. The van der Waals surface area contributed by atoms with Crippen molar-refractivity contribution >= 4 is 46.5 Å². The fourth-order valence-corrected chi connectivity index (χ4v) is 3.08. The molecule has 0 spiro atoms. The zero-order valence-corrected chi connectivity index (χ0v) is 13.5. The average molecular weight is 368 g/mol. The first-order chi connectivity index (χ1) is 10.2. The number of hydrogen-bond acceptors (Lipinski definition) is 5. The minimum atomic E-state index is -4.39. The van der Waals surface area contributed by atoms with Crippen LogP contribution in [0.1, 0.15) is 20.9 Å². The summed E-state index contributed by atoms with van der Waals surface area (Å²) in [6, 6.07) is 4.96. The second kappa shape index (κ2) is 6.84. The monoisotopic (exact) mass is 367 g/mol. The second-order valence-corrected chi connectivity index (χ2v) is 6.49. The normalized spacial score (nSPS) is 11.5. The smallest absolute Gasteiger partial charge is 0.321 e. The molecule has 0 saturated heterocycles. The van der Waals surface area contributed by atoms with Crippen molar-refractivity contribution in [3.05, 3.63) is 39.4 Å². The quantitative estimate of drug-likeness (QED) is 0.864. The Hall–Kier alpha value is -1.32. The molecule has 0 aliphatic rings. The van der Waals surface area contributed by atoms with Crippen LogP contribution in [0, 0.1) is 6.92 Å². The molecule has 0 bridgehead atoms. The van der Waals surface area contributed by atoms with Crippen LogP contribution in [0.4, 0.5) is 18.9 Å². The van der Waals surface area contributed by atoms with Gasteiger partial charge in [0.15, 0.2) is 0 Å². The summed E-state index contributed by atoms with van der Waals surface area (Å²) in [4.78, 5) is 12.2. The van der Waals surface area contributed by atoms with Gasteiger partial charge in [0.25, 0.3) is 5.91 Å². The number of aromatic nitrogens is 2. The molecular formula is C12H9ClF3N3OS2. The molecule has 1 heterocycles. The number of thioether (sulfide) groups is 1. The SMILES string of the molecule is Cc1cc(Cl)cc(NC(=O)c2snnc2CSC(F)(F)F)c1. The summed E-state index contributed by atoms with van der Waals surface area (Å²) < 4.78 is 40.2. The molecular weight excluding hydrogens is 359 g/mol. The maximum Gasteiger partial charge on any atom is 0.442 e. The molecule has 2 aromatic rings. The van der Waals surface area contributed by atoms with Crippen molar-refractivity contribution in [2.24, 2.45) is 0 Å². The fraction of sp³-hybridized carbons (Fsp3) is 0.250. The van der Waals surface area contributed by atoms with E-state index in [0.717, 1.165) is 17.1 Å². The van der Waals surface area contributed by atoms with Crippen molar-refractivity contribution in [2.45, 2.75) is 18.2 Å². The van der Waals surface area contributed by atoms with Gasteiger partial charge in [-0.05, 0) is 54.0 Å². The highest BCUT2D eigenvalue weighted by atomic mass is 35.5. The summed E-state index contributed by atoms with van der Waals surface area (Å²) in [6.07, 6.45) is 0. The number of rotatable bonds is 4. The maximum atomic E-state index is 12.2. The third-order valence-electron chi connectivity index (χ3n) is 2.43. The van der Waals surface area contributed by atoms with E-state index in [2.05, 4.69) is 14.9 Å². The summed E-state index contributed by atoms with van der Waals surface area (Å²) in [5, 5.41) is 6.61. The van der Waals surface area contributed by atoms with Crippen LogP contribution < -0.4 is 5.32 Å². The van der Waals surface area contributed by atoms with E-state index in [1.165, 1.54) is 0 Å². The van der Waals surface area contributed by atoms with Crippen LogP contribution in [0.5, 0.6) is 0 Å². The Balaban J connectivity index is 2.11. The highest BCUT2D eigenvalue weighted by Gasteiger charge is 2.30. The zero-order chi connectivity index (χ0) is 16.3. The third kappa shape index (κ3) is 4.85. The lowest BCUT2D eigenvalue weighted by Crippen LogP contribution is -2.13. The number of halogens is 4. The van der Waals surface area contributed by atoms with Crippen LogP contribution in [-0.2, 0) is 5.75 Å². The van der Waals surface area contributed by atoms with Gasteiger partial charge in [0.05, 0.1) is 5.69 Å². The molecule has 22 heavy (non-hydrogen) atoms. The van der Waals surface area contributed by atoms with Crippen LogP contribution >= 0.6 is 34.9 Å². The number of anilines is 1. The maximum absolute atomic E-state index is 12.2. The first kappa shape index (κ1) is 17.0. The van der Waals surface area contributed by atoms with Gasteiger partial charge in [-0.25, -0.2) is 0 Å². The number of aryl methyl sites for hydroxylation is 1. The molecule has 0 aliphatic heterocycles. The molecule has 1 amide bonds. The number of carbonyl (C=O) groups is 1. The molecule has 0 saturated carbocycles. The highest BCUT2D eigenvalue weighted by Crippen LogP contribution is 2.33. The van der Waals surface area contributed by atoms with Crippen LogP contribution in [0.15, 0.2) is 18.2 Å². The molecule has 1 aromatic heterocycles. The van der Waals surface area contributed by atoms with E-state index in [9.17, 15) is 18.0 Å². The molecule has 0 atom stereocenters. The molecule has 118 valence electrons. The standard InChI is InChI=1S/C12H9ClF3N3OS2/c1-6-2-7(13)4-8(3-6)17-11(20)10-9(18-19-22-10)5-21-12(14,15)16/h2-4H,5H2,1H3,(H,17,20). The minimum Gasteiger partial charge on any atom is -0.321 e. The molecule has 10 heteroatoms. The number of carbonyl (C=O) groups excluding carboxylic acids is 1. The first-order valence-corrected chi connectivity index (χ1v) is 7.99. The summed E-state index contributed by atoms with van der Waals surface area (Å²) in [6.45, 7) is 1.81. The number of alkyl halides is 3. The van der Waals surface area contributed by atoms with Crippen molar-refractivity contribution in [1.29, 1.82) is 0 Å². The lowest BCUT2D eigenvalue weighted by molar-refractivity contribution is -0.0329. The van der Waals surface area contributed by atoms with Crippen molar-refractivity contribution < 1.29 is 18.0 Å². The van der Waals surface area contributed by atoms with E-state index in [-0.39, 0.29) is 22.3 Å². The van der Waals surface area contributed by atoms with Gasteiger partial charge in [-0.3, -0.25) is 4.79 Å². The van der Waals surface area contributed by atoms with Crippen molar-refractivity contribution in [1.82, 2.24) is 9.59 Å². The number of amides is 1. The van der Waals surface area contributed by atoms with E-state index in [0.29, 0.717) is 10.7 Å². The van der Waals surface area contributed by atoms with Gasteiger partial charge in [0.2, 0.25) is 0 Å². The van der Waals surface area contributed by atoms with Crippen LogP contribution in [-0.4, -0.2) is 21.0 Å². The van der Waals surface area contributed by atoms with E-state index < -0.39 is 17.2 Å². The number of hydrogen-bond donors (Lipinski definition) is 1. The van der Waals surface area contributed by atoms with Gasteiger partial charge in [0.1, 0.15) is 4.88 Å². The number of nitrogens with zero attached hydrogens (tertiary/aromatic N) is 2. The molecule has 4 nitrogen and oxygen atoms in total. The lowest BCUT2D eigenvalue weighted by atomic mass is 10.2. The van der Waals surface area contributed by atoms with Gasteiger partial charge in [0, 0.05) is 16.5 Å². The second-order valence-electron chi connectivity index (χ2n) is 4.25. The molecule has 0 radical (unpaired) electrons. The van der Waals surface area contributed by atoms with E-state index in [1.54, 1.807) is 25.1 Å². The van der Waals surface area contributed by atoms with Gasteiger partial charge in [-0.2, -0.15) is 13.2 Å². The van der Waals surface area contributed by atoms with Gasteiger partial charge in [-0.15, -0.1) is 5.10 Å². The Kier molecular flexibility index (Phi) is 5.30. The Morgan fingerprint density at radius 3 is 2.77 bits per heavy atom. The summed E-state index contributed by atoms with van der Waals surface area (Å²) in [5.74, 6) is -1.02. The highest BCUT2D eigenvalue weighted by molar-refractivity contribution is 7.99. The molecule has 1 N–H and O–H groups in total. The van der Waals surface area contributed by atoms with Gasteiger partial charge >= 0.3 is 5.51 Å². The van der Waals surface area contributed by atoms with Crippen LogP contribution in [0.25, 0.3) is 0 Å². The Morgan fingerprint density at radius 1 is 1.41 bits per heavy atom. The summed E-state index contributed by atoms with van der Waals surface area (Å²) >= 11 is 6.37. The predicted octanol–water partition coefficient (Wildman–Crippen LogP) is 4.51. The Morgan fingerprint density at radius 2 is 2.14 bits per heavy atom. The lowest BCUT2D eigenvalue weighted by Gasteiger charge is -2.07. The van der Waals surface area contributed by atoms with E-state index >= 15 is 0 Å². The Bertz CT molecular complexity index is 670. The van der Waals surface area contributed by atoms with Crippen molar-refractivity contribution in [3.63, 3.8) is 0 Å². The van der Waals surface area contributed by atoms with Crippen LogP contribution in [0.3, 0.4) is 0 Å². The van der Waals surface area contributed by atoms with Crippen LogP contribution in [0.2, 0.25) is 5.02 Å². The zero-order valence-electron chi connectivity index (χ0n) is 11.1. The fourth-order valence-electron chi connectivity index (χ4n) is 1.62. The minimum absolute atomic E-state index is 0.00331. The van der Waals surface area contributed by atoms with Gasteiger partial charge in [-0.1, -0.05) is 16.1 Å². The molecule has 1 aromatic carbocycles.